The van der Waals surface area contributed by atoms with Crippen LogP contribution in [0.2, 0.25) is 7.86 Å². The zero-order valence-electron chi connectivity index (χ0n) is 15.4. The van der Waals surface area contributed by atoms with E-state index >= 15 is 0 Å². The Labute approximate surface area is 146 Å². The molecule has 0 aliphatic heterocycles. The van der Waals surface area contributed by atoms with Gasteiger partial charge in [-0.1, -0.05) is 0 Å². The maximum atomic E-state index is 3.64. The molecule has 0 aromatic heterocycles. The van der Waals surface area contributed by atoms with Crippen LogP contribution in [-0.4, -0.2) is 6.04 Å². The normalized spacial score (nSPS) is 16.6. The molecule has 0 radical (unpaired) electrons. The van der Waals surface area contributed by atoms with Gasteiger partial charge in [-0.2, -0.15) is 0 Å². The molecule has 0 heterocycles. The molecule has 2 heteroatoms. The monoisotopic (exact) mass is 481 g/mol. The summed E-state index contributed by atoms with van der Waals surface area (Å²) in [4.78, 5) is 0. The second kappa shape index (κ2) is 13.8. The van der Waals surface area contributed by atoms with Gasteiger partial charge in [0.15, 0.2) is 0 Å². The molecule has 0 fully saturated rings. The van der Waals surface area contributed by atoms with Gasteiger partial charge in [-0.15, -0.1) is 0 Å². The molecule has 21 heavy (non-hydrogen) atoms. The third-order valence-electron chi connectivity index (χ3n) is 4.67. The Kier molecular flexibility index (Phi) is 14.0. The van der Waals surface area contributed by atoms with Gasteiger partial charge in [-0.05, 0) is 0 Å². The van der Waals surface area contributed by atoms with E-state index in [9.17, 15) is 0 Å². The van der Waals surface area contributed by atoms with Crippen LogP contribution in [0.25, 0.3) is 0 Å². The van der Waals surface area contributed by atoms with Gasteiger partial charge < -0.3 is 0 Å². The molecular weight excluding hydrogens is 443 g/mol. The molecule has 0 saturated heterocycles. The Morgan fingerprint density at radius 2 is 1.95 bits per heavy atom. The molecule has 0 saturated carbocycles. The fraction of sp³-hybridized carbons (Fsp3) is 0.789. The van der Waals surface area contributed by atoms with Gasteiger partial charge in [0.05, 0.1) is 0 Å². The van der Waals surface area contributed by atoms with E-state index < -0.39 is 24.6 Å². The summed E-state index contributed by atoms with van der Waals surface area (Å²) < 4.78 is 3.58. The number of hydrogen-bond donors (Lipinski definition) is 1. The Morgan fingerprint density at radius 1 is 1.24 bits per heavy atom. The molecule has 1 N–H and O–H groups in total. The SMILES string of the molecule is CC=CNC(CC)[CH]([Hg][CH3])C(C)CCCC/C(C)=C/CC. The molecule has 0 rings (SSSR count). The number of nitrogens with one attached hydrogen (secondary N) is 1. The summed E-state index contributed by atoms with van der Waals surface area (Å²) in [6, 6.07) is 0.726. The van der Waals surface area contributed by atoms with Gasteiger partial charge in [0.2, 0.25) is 0 Å². The van der Waals surface area contributed by atoms with E-state index in [2.05, 4.69) is 62.7 Å². The third kappa shape index (κ3) is 9.76. The summed E-state index contributed by atoms with van der Waals surface area (Å²) in [7, 11) is 0. The standard InChI is InChI=1S/C18H34N.CH3.Hg/c1-6-11-16(4)12-9-10-13-17(5)15-18(8-3)19-14-7-2;;/h7,11,14-15,17-19H,6,8-10,12-13H2,1-5H3;1H3;/b14-7?,16-11+;;. The van der Waals surface area contributed by atoms with Crippen LogP contribution in [0.5, 0.6) is 0 Å². The second-order valence-corrected chi connectivity index (χ2v) is 13.3. The van der Waals surface area contributed by atoms with E-state index in [4.69, 9.17) is 0 Å². The quantitative estimate of drug-likeness (QED) is 0.195. The van der Waals surface area contributed by atoms with E-state index in [1.165, 1.54) is 38.5 Å². The number of rotatable bonds is 12. The zero-order valence-corrected chi connectivity index (χ0v) is 20.9. The summed E-state index contributed by atoms with van der Waals surface area (Å²) in [5.74, 6) is 0.912. The molecule has 0 bridgehead atoms. The Balaban J connectivity index is 4.19. The number of allylic oxidation sites excluding steroid dienone is 3. The van der Waals surface area contributed by atoms with E-state index in [-0.39, 0.29) is 0 Å². The summed E-state index contributed by atoms with van der Waals surface area (Å²) in [5.41, 5.74) is 1.58. The molecule has 0 aliphatic carbocycles. The third-order valence-corrected chi connectivity index (χ3v) is 13.7. The summed E-state index contributed by atoms with van der Waals surface area (Å²) in [6.45, 7) is 11.5. The molecule has 0 aromatic rings. The van der Waals surface area contributed by atoms with Crippen molar-refractivity contribution in [2.75, 3.05) is 0 Å². The van der Waals surface area contributed by atoms with Crippen LogP contribution in [0.3, 0.4) is 0 Å². The van der Waals surface area contributed by atoms with Gasteiger partial charge in [-0.3, -0.25) is 0 Å². The average Bonchev–Trinajstić information content (AvgIpc) is 2.48. The average molecular weight is 480 g/mol. The van der Waals surface area contributed by atoms with E-state index in [0.717, 1.165) is 15.4 Å². The maximum absolute atomic E-state index is 3.64. The molecular formula is C19H37HgN. The van der Waals surface area contributed by atoms with Crippen LogP contribution < -0.4 is 5.32 Å². The van der Waals surface area contributed by atoms with Gasteiger partial charge in [0.1, 0.15) is 0 Å². The van der Waals surface area contributed by atoms with Gasteiger partial charge >= 0.3 is 147 Å². The minimum absolute atomic E-state index is 0.721. The minimum atomic E-state index is -0.721. The van der Waals surface area contributed by atoms with Gasteiger partial charge in [0, 0.05) is 0 Å². The molecule has 0 aliphatic rings. The van der Waals surface area contributed by atoms with E-state index in [1.54, 1.807) is 5.57 Å². The van der Waals surface area contributed by atoms with Crippen molar-refractivity contribution < 1.29 is 24.6 Å². The zero-order chi connectivity index (χ0) is 16.1. The van der Waals surface area contributed by atoms with Crippen molar-refractivity contribution in [3.05, 3.63) is 23.9 Å². The molecule has 3 unspecified atom stereocenters. The number of hydrogen-bond acceptors (Lipinski definition) is 1. The van der Waals surface area contributed by atoms with Crippen molar-refractivity contribution in [2.45, 2.75) is 87.0 Å². The van der Waals surface area contributed by atoms with Crippen molar-refractivity contribution in [1.29, 1.82) is 0 Å². The van der Waals surface area contributed by atoms with Crippen LogP contribution >= 0.6 is 0 Å². The van der Waals surface area contributed by atoms with Crippen LogP contribution in [-0.2, 0) is 24.6 Å². The van der Waals surface area contributed by atoms with Crippen molar-refractivity contribution in [2.24, 2.45) is 5.92 Å². The summed E-state index contributed by atoms with van der Waals surface area (Å²) in [5, 5.41) is 3.64. The Hall–Kier alpha value is 0.215. The molecule has 0 amide bonds. The Morgan fingerprint density at radius 3 is 2.48 bits per heavy atom. The van der Waals surface area contributed by atoms with E-state index in [1.807, 2.05) is 0 Å². The van der Waals surface area contributed by atoms with Crippen molar-refractivity contribution >= 4 is 0 Å². The van der Waals surface area contributed by atoms with Crippen LogP contribution in [0, 0.1) is 5.92 Å². The molecule has 0 spiro atoms. The predicted molar refractivity (Wildman–Crippen MR) is 93.3 cm³/mol. The van der Waals surface area contributed by atoms with Crippen molar-refractivity contribution in [3.63, 3.8) is 0 Å². The summed E-state index contributed by atoms with van der Waals surface area (Å²) >= 11 is -0.721. The number of unbranched alkanes of at least 4 members (excludes halogenated alkanes) is 1. The van der Waals surface area contributed by atoms with Crippen LogP contribution in [0.4, 0.5) is 0 Å². The molecule has 3 atom stereocenters. The van der Waals surface area contributed by atoms with Crippen LogP contribution in [0.15, 0.2) is 23.9 Å². The first-order valence-electron chi connectivity index (χ1n) is 9.13. The topological polar surface area (TPSA) is 12.0 Å². The fourth-order valence-electron chi connectivity index (χ4n) is 3.38. The van der Waals surface area contributed by atoms with Gasteiger partial charge in [-0.25, -0.2) is 0 Å². The first-order chi connectivity index (χ1) is 10.1. The Bertz CT molecular complexity index is 296. The van der Waals surface area contributed by atoms with Crippen molar-refractivity contribution in [1.82, 2.24) is 5.32 Å². The predicted octanol–water partition coefficient (Wildman–Crippen LogP) is 6.36. The summed E-state index contributed by atoms with van der Waals surface area (Å²) in [6.07, 6.45) is 14.6. The van der Waals surface area contributed by atoms with Gasteiger partial charge in [0.25, 0.3) is 0 Å². The molecule has 0 aromatic carbocycles. The van der Waals surface area contributed by atoms with Crippen molar-refractivity contribution in [3.8, 4) is 0 Å². The van der Waals surface area contributed by atoms with E-state index in [0.29, 0.717) is 0 Å². The van der Waals surface area contributed by atoms with Crippen LogP contribution in [0.1, 0.15) is 73.1 Å². The molecule has 1 nitrogen and oxygen atoms in total. The molecule has 120 valence electrons. The fourth-order valence-corrected chi connectivity index (χ4v) is 11.5. The first kappa shape index (κ1) is 21.2. The second-order valence-electron chi connectivity index (χ2n) is 6.44. The first-order valence-corrected chi connectivity index (χ1v) is 17.8.